The molecule has 2 aromatic carbocycles. The minimum atomic E-state index is 0.0267. The molecule has 0 bridgehead atoms. The van der Waals surface area contributed by atoms with Crippen LogP contribution in [0.1, 0.15) is 22.8 Å². The SMILES string of the molecule is COc1ccc(C)cc1Nc1nncc(Nc2ccc(C(C)=O)cc2)n1. The minimum Gasteiger partial charge on any atom is -0.495 e. The van der Waals surface area contributed by atoms with E-state index < -0.39 is 0 Å². The van der Waals surface area contributed by atoms with Crippen molar-refractivity contribution in [1.82, 2.24) is 15.2 Å². The van der Waals surface area contributed by atoms with Crippen molar-refractivity contribution in [1.29, 1.82) is 0 Å². The molecule has 0 aliphatic rings. The Hall–Kier alpha value is -3.48. The van der Waals surface area contributed by atoms with Crippen molar-refractivity contribution in [3.63, 3.8) is 0 Å². The zero-order valence-electron chi connectivity index (χ0n) is 14.8. The number of nitrogens with one attached hydrogen (secondary N) is 2. The van der Waals surface area contributed by atoms with Crippen molar-refractivity contribution < 1.29 is 9.53 Å². The number of carbonyl (C=O) groups is 1. The van der Waals surface area contributed by atoms with E-state index >= 15 is 0 Å². The topological polar surface area (TPSA) is 89.0 Å². The van der Waals surface area contributed by atoms with Gasteiger partial charge in [-0.15, -0.1) is 5.10 Å². The molecule has 7 heteroatoms. The summed E-state index contributed by atoms with van der Waals surface area (Å²) in [5.41, 5.74) is 3.30. The van der Waals surface area contributed by atoms with Gasteiger partial charge in [-0.3, -0.25) is 4.79 Å². The van der Waals surface area contributed by atoms with Gasteiger partial charge in [0, 0.05) is 11.3 Å². The van der Waals surface area contributed by atoms with Crippen LogP contribution in [0.5, 0.6) is 5.75 Å². The Balaban J connectivity index is 1.78. The number of rotatable bonds is 6. The first-order chi connectivity index (χ1) is 12.5. The summed E-state index contributed by atoms with van der Waals surface area (Å²) in [7, 11) is 1.61. The molecule has 0 atom stereocenters. The lowest BCUT2D eigenvalue weighted by Crippen LogP contribution is -2.03. The molecule has 0 radical (unpaired) electrons. The predicted octanol–water partition coefficient (Wildman–Crippen LogP) is 3.88. The summed E-state index contributed by atoms with van der Waals surface area (Å²) >= 11 is 0. The molecular formula is C19H19N5O2. The molecule has 132 valence electrons. The van der Waals surface area contributed by atoms with Gasteiger partial charge in [0.25, 0.3) is 0 Å². The summed E-state index contributed by atoms with van der Waals surface area (Å²) in [5.74, 6) is 1.60. The Labute approximate surface area is 151 Å². The summed E-state index contributed by atoms with van der Waals surface area (Å²) in [6.07, 6.45) is 1.53. The molecule has 0 aliphatic carbocycles. The van der Waals surface area contributed by atoms with Crippen LogP contribution in [0.2, 0.25) is 0 Å². The third-order valence-electron chi connectivity index (χ3n) is 3.72. The van der Waals surface area contributed by atoms with Crippen molar-refractivity contribution in [3.05, 3.63) is 59.8 Å². The zero-order chi connectivity index (χ0) is 18.5. The fourth-order valence-electron chi connectivity index (χ4n) is 2.39. The number of benzene rings is 2. The quantitative estimate of drug-likeness (QED) is 0.653. The average molecular weight is 349 g/mol. The van der Waals surface area contributed by atoms with Gasteiger partial charge in [0.1, 0.15) is 5.75 Å². The zero-order valence-corrected chi connectivity index (χ0v) is 14.8. The molecule has 2 N–H and O–H groups in total. The van der Waals surface area contributed by atoms with E-state index in [2.05, 4.69) is 25.8 Å². The second kappa shape index (κ2) is 7.60. The van der Waals surface area contributed by atoms with Crippen LogP contribution in [0, 0.1) is 6.92 Å². The van der Waals surface area contributed by atoms with E-state index in [4.69, 9.17) is 4.74 Å². The summed E-state index contributed by atoms with van der Waals surface area (Å²) < 4.78 is 5.35. The maximum absolute atomic E-state index is 11.3. The summed E-state index contributed by atoms with van der Waals surface area (Å²) in [6.45, 7) is 3.53. The number of ether oxygens (including phenoxy) is 1. The van der Waals surface area contributed by atoms with Gasteiger partial charge >= 0.3 is 0 Å². The molecule has 0 fully saturated rings. The number of ketones is 1. The molecule has 0 spiro atoms. The van der Waals surface area contributed by atoms with Crippen LogP contribution in [0.25, 0.3) is 0 Å². The Morgan fingerprint density at radius 1 is 1.08 bits per heavy atom. The van der Waals surface area contributed by atoms with Crippen molar-refractivity contribution in [2.75, 3.05) is 17.7 Å². The lowest BCUT2D eigenvalue weighted by Gasteiger charge is -2.11. The van der Waals surface area contributed by atoms with Crippen LogP contribution in [-0.2, 0) is 0 Å². The molecular weight excluding hydrogens is 330 g/mol. The van der Waals surface area contributed by atoms with Crippen LogP contribution < -0.4 is 15.4 Å². The second-order valence-electron chi connectivity index (χ2n) is 5.75. The molecule has 1 heterocycles. The summed E-state index contributed by atoms with van der Waals surface area (Å²) in [6, 6.07) is 12.9. The number of Topliss-reactive ketones (excluding diaryl/α,β-unsaturated/α-hetero) is 1. The number of nitrogens with zero attached hydrogens (tertiary/aromatic N) is 3. The smallest absolute Gasteiger partial charge is 0.249 e. The number of carbonyl (C=O) groups excluding carboxylic acids is 1. The van der Waals surface area contributed by atoms with E-state index in [-0.39, 0.29) is 5.78 Å². The van der Waals surface area contributed by atoms with Crippen molar-refractivity contribution in [3.8, 4) is 5.75 Å². The maximum Gasteiger partial charge on any atom is 0.249 e. The van der Waals surface area contributed by atoms with Crippen LogP contribution in [-0.4, -0.2) is 28.1 Å². The molecule has 0 amide bonds. The lowest BCUT2D eigenvalue weighted by atomic mass is 10.1. The van der Waals surface area contributed by atoms with Gasteiger partial charge in [-0.1, -0.05) is 6.07 Å². The molecule has 0 saturated carbocycles. The van der Waals surface area contributed by atoms with Gasteiger partial charge in [-0.2, -0.15) is 10.1 Å². The van der Waals surface area contributed by atoms with Crippen LogP contribution in [0.3, 0.4) is 0 Å². The Kier molecular flexibility index (Phi) is 5.07. The largest absolute Gasteiger partial charge is 0.495 e. The average Bonchev–Trinajstić information content (AvgIpc) is 2.63. The van der Waals surface area contributed by atoms with Crippen LogP contribution in [0.4, 0.5) is 23.1 Å². The fraction of sp³-hybridized carbons (Fsp3) is 0.158. The normalized spacial score (nSPS) is 10.3. The third-order valence-corrected chi connectivity index (χ3v) is 3.72. The molecule has 3 aromatic rings. The number of hydrogen-bond donors (Lipinski definition) is 2. The van der Waals surface area contributed by atoms with E-state index in [1.54, 1.807) is 19.2 Å². The number of methoxy groups -OCH3 is 1. The molecule has 1 aromatic heterocycles. The predicted molar refractivity (Wildman–Crippen MR) is 101 cm³/mol. The van der Waals surface area contributed by atoms with E-state index in [0.29, 0.717) is 23.1 Å². The molecule has 0 unspecified atom stereocenters. The Morgan fingerprint density at radius 3 is 2.54 bits per heavy atom. The number of aryl methyl sites for hydroxylation is 1. The van der Waals surface area contributed by atoms with E-state index in [0.717, 1.165) is 16.9 Å². The van der Waals surface area contributed by atoms with Crippen molar-refractivity contribution in [2.45, 2.75) is 13.8 Å². The summed E-state index contributed by atoms with van der Waals surface area (Å²) in [4.78, 5) is 15.7. The van der Waals surface area contributed by atoms with Crippen molar-refractivity contribution >= 4 is 28.9 Å². The first-order valence-electron chi connectivity index (χ1n) is 8.04. The van der Waals surface area contributed by atoms with Gasteiger partial charge in [-0.05, 0) is 55.8 Å². The Morgan fingerprint density at radius 2 is 1.85 bits per heavy atom. The number of aromatic nitrogens is 3. The lowest BCUT2D eigenvalue weighted by molar-refractivity contribution is 0.101. The van der Waals surface area contributed by atoms with Crippen LogP contribution in [0.15, 0.2) is 48.7 Å². The highest BCUT2D eigenvalue weighted by molar-refractivity contribution is 5.94. The monoisotopic (exact) mass is 349 g/mol. The molecule has 26 heavy (non-hydrogen) atoms. The van der Waals surface area contributed by atoms with Crippen molar-refractivity contribution in [2.24, 2.45) is 0 Å². The highest BCUT2D eigenvalue weighted by Gasteiger charge is 2.07. The second-order valence-corrected chi connectivity index (χ2v) is 5.75. The third kappa shape index (κ3) is 4.13. The molecule has 0 saturated heterocycles. The van der Waals surface area contributed by atoms with E-state index in [1.165, 1.54) is 13.1 Å². The van der Waals surface area contributed by atoms with E-state index in [9.17, 15) is 4.79 Å². The highest BCUT2D eigenvalue weighted by Crippen LogP contribution is 2.27. The highest BCUT2D eigenvalue weighted by atomic mass is 16.5. The minimum absolute atomic E-state index is 0.0267. The summed E-state index contributed by atoms with van der Waals surface area (Å²) in [5, 5.41) is 14.2. The fourth-order valence-corrected chi connectivity index (χ4v) is 2.39. The number of hydrogen-bond acceptors (Lipinski definition) is 7. The van der Waals surface area contributed by atoms with Gasteiger partial charge in [0.2, 0.25) is 5.95 Å². The molecule has 3 rings (SSSR count). The standard InChI is InChI=1S/C19H19N5O2/c1-12-4-9-17(26-3)16(10-12)22-19-23-18(11-20-24-19)21-15-7-5-14(6-8-15)13(2)25/h4-11H,1-3H3,(H2,21,22,23,24). The first kappa shape index (κ1) is 17.3. The first-order valence-corrected chi connectivity index (χ1v) is 8.04. The molecule has 0 aliphatic heterocycles. The van der Waals surface area contributed by atoms with Crippen LogP contribution >= 0.6 is 0 Å². The maximum atomic E-state index is 11.3. The van der Waals surface area contributed by atoms with Gasteiger partial charge in [-0.25, -0.2) is 0 Å². The van der Waals surface area contributed by atoms with E-state index in [1.807, 2.05) is 37.3 Å². The van der Waals surface area contributed by atoms with Gasteiger partial charge < -0.3 is 15.4 Å². The number of anilines is 4. The van der Waals surface area contributed by atoms with Gasteiger partial charge in [0.05, 0.1) is 19.0 Å². The Bertz CT molecular complexity index is 925. The van der Waals surface area contributed by atoms with Gasteiger partial charge in [0.15, 0.2) is 11.6 Å². The molecule has 7 nitrogen and oxygen atoms in total.